The van der Waals surface area contributed by atoms with Crippen LogP contribution >= 0.6 is 0 Å². The Morgan fingerprint density at radius 3 is 2.28 bits per heavy atom. The lowest BCUT2D eigenvalue weighted by Gasteiger charge is -2.20. The first-order chi connectivity index (χ1) is 8.77. The number of carbonyl (C=O) groups excluding carboxylic acids is 2. The van der Waals surface area contributed by atoms with Gasteiger partial charge in [0, 0.05) is 11.1 Å². The van der Waals surface area contributed by atoms with Crippen LogP contribution < -0.4 is 5.32 Å². The fraction of sp³-hybridized carbons (Fsp3) is 0.0667. The van der Waals surface area contributed by atoms with E-state index < -0.39 is 0 Å². The van der Waals surface area contributed by atoms with E-state index in [1.54, 1.807) is 12.1 Å². The molecule has 0 saturated heterocycles. The number of fused-ring (bicyclic) bond motifs is 1. The van der Waals surface area contributed by atoms with Crippen LogP contribution in [0.1, 0.15) is 22.3 Å². The van der Waals surface area contributed by atoms with Gasteiger partial charge in [0.25, 0.3) is 11.8 Å². The molecule has 1 N–H and O–H groups in total. The summed E-state index contributed by atoms with van der Waals surface area (Å²) in [7, 11) is 0. The van der Waals surface area contributed by atoms with Gasteiger partial charge in [0.1, 0.15) is 0 Å². The molecule has 0 bridgehead atoms. The van der Waals surface area contributed by atoms with E-state index in [2.05, 4.69) is 5.32 Å². The van der Waals surface area contributed by atoms with Crippen molar-refractivity contribution in [3.05, 3.63) is 65.3 Å². The maximum Gasteiger partial charge on any atom is 0.259 e. The minimum absolute atomic E-state index is 0.329. The van der Waals surface area contributed by atoms with Gasteiger partial charge in [0.05, 0.1) is 5.57 Å². The molecular weight excluding hydrogens is 226 g/mol. The molecule has 2 amide bonds. The highest BCUT2D eigenvalue weighted by Crippen LogP contribution is 2.28. The van der Waals surface area contributed by atoms with Gasteiger partial charge in [-0.2, -0.15) is 0 Å². The van der Waals surface area contributed by atoms with Crippen LogP contribution in [0.3, 0.4) is 0 Å². The van der Waals surface area contributed by atoms with Crippen molar-refractivity contribution in [3.8, 4) is 0 Å². The third kappa shape index (κ3) is 1.61. The van der Waals surface area contributed by atoms with E-state index in [9.17, 15) is 9.59 Å². The number of allylic oxidation sites excluding steroid dienone is 5. The zero-order chi connectivity index (χ0) is 12.5. The maximum absolute atomic E-state index is 12.0. The van der Waals surface area contributed by atoms with Gasteiger partial charge in [-0.1, -0.05) is 42.5 Å². The molecule has 18 heavy (non-hydrogen) atoms. The third-order valence-corrected chi connectivity index (χ3v) is 3.05. The first-order valence-electron chi connectivity index (χ1n) is 5.80. The molecule has 1 aliphatic carbocycles. The van der Waals surface area contributed by atoms with Crippen LogP contribution in [-0.2, 0) is 4.79 Å². The summed E-state index contributed by atoms with van der Waals surface area (Å²) in [6, 6.07) is 7.17. The number of imide groups is 1. The number of benzene rings is 1. The summed E-state index contributed by atoms with van der Waals surface area (Å²) in [6.45, 7) is 0. The molecule has 3 rings (SSSR count). The van der Waals surface area contributed by atoms with Crippen molar-refractivity contribution >= 4 is 17.4 Å². The van der Waals surface area contributed by atoms with Crippen LogP contribution in [0.2, 0.25) is 0 Å². The molecule has 2 aliphatic rings. The molecule has 88 valence electrons. The number of rotatable bonds is 0. The normalized spacial score (nSPS) is 17.8. The highest BCUT2D eigenvalue weighted by Gasteiger charge is 2.28. The van der Waals surface area contributed by atoms with E-state index in [-0.39, 0.29) is 11.8 Å². The van der Waals surface area contributed by atoms with Gasteiger partial charge in [-0.05, 0) is 18.1 Å². The molecule has 0 aromatic heterocycles. The van der Waals surface area contributed by atoms with Gasteiger partial charge in [0.2, 0.25) is 0 Å². The minimum atomic E-state index is -0.330. The van der Waals surface area contributed by atoms with Crippen molar-refractivity contribution in [2.24, 2.45) is 0 Å². The van der Waals surface area contributed by atoms with Crippen molar-refractivity contribution in [2.45, 2.75) is 6.42 Å². The van der Waals surface area contributed by atoms with Crippen molar-refractivity contribution < 1.29 is 9.59 Å². The second-order valence-corrected chi connectivity index (χ2v) is 4.20. The second kappa shape index (κ2) is 4.11. The van der Waals surface area contributed by atoms with Crippen molar-refractivity contribution in [2.75, 3.05) is 0 Å². The molecule has 1 aliphatic heterocycles. The van der Waals surface area contributed by atoms with E-state index in [0.717, 1.165) is 12.0 Å². The average molecular weight is 237 g/mol. The fourth-order valence-corrected chi connectivity index (χ4v) is 2.23. The third-order valence-electron chi connectivity index (χ3n) is 3.05. The number of hydrogen-bond donors (Lipinski definition) is 1. The number of amides is 2. The lowest BCUT2D eigenvalue weighted by Crippen LogP contribution is -2.36. The van der Waals surface area contributed by atoms with Crippen molar-refractivity contribution in [3.63, 3.8) is 0 Å². The number of hydrogen-bond acceptors (Lipinski definition) is 2. The molecule has 0 saturated carbocycles. The Morgan fingerprint density at radius 2 is 1.56 bits per heavy atom. The molecule has 3 nitrogen and oxygen atoms in total. The van der Waals surface area contributed by atoms with Crippen LogP contribution in [0.4, 0.5) is 0 Å². The Labute approximate surface area is 105 Å². The average Bonchev–Trinajstić information content (AvgIpc) is 2.40. The summed E-state index contributed by atoms with van der Waals surface area (Å²) in [5, 5.41) is 2.38. The lowest BCUT2D eigenvalue weighted by molar-refractivity contribution is -0.114. The van der Waals surface area contributed by atoms with Gasteiger partial charge < -0.3 is 0 Å². The standard InChI is InChI=1S/C15H11NO2/c17-14-12-9-5-4-8-11(12)13(15(18)16-14)10-6-2-1-3-7-10/h2-9H,1H2,(H,16,17,18). The largest absolute Gasteiger partial charge is 0.288 e. The molecule has 0 spiro atoms. The van der Waals surface area contributed by atoms with Gasteiger partial charge >= 0.3 is 0 Å². The molecule has 3 heteroatoms. The lowest BCUT2D eigenvalue weighted by atomic mass is 9.90. The second-order valence-electron chi connectivity index (χ2n) is 4.20. The topological polar surface area (TPSA) is 46.2 Å². The summed E-state index contributed by atoms with van der Waals surface area (Å²) >= 11 is 0. The first kappa shape index (κ1) is 10.7. The summed E-state index contributed by atoms with van der Waals surface area (Å²) in [6.07, 6.45) is 8.70. The van der Waals surface area contributed by atoms with Crippen LogP contribution in [0.5, 0.6) is 0 Å². The van der Waals surface area contributed by atoms with E-state index >= 15 is 0 Å². The highest BCUT2D eigenvalue weighted by molar-refractivity contribution is 6.32. The highest BCUT2D eigenvalue weighted by atomic mass is 16.2. The molecular formula is C15H11NO2. The van der Waals surface area contributed by atoms with Gasteiger partial charge in [0.15, 0.2) is 0 Å². The number of nitrogens with one attached hydrogen (secondary N) is 1. The van der Waals surface area contributed by atoms with Crippen molar-refractivity contribution in [1.82, 2.24) is 5.32 Å². The monoisotopic (exact) mass is 237 g/mol. The molecule has 1 heterocycles. The van der Waals surface area contributed by atoms with Gasteiger partial charge in [-0.3, -0.25) is 14.9 Å². The predicted octanol–water partition coefficient (Wildman–Crippen LogP) is 2.23. The molecule has 1 aromatic carbocycles. The van der Waals surface area contributed by atoms with E-state index in [0.29, 0.717) is 16.7 Å². The van der Waals surface area contributed by atoms with Gasteiger partial charge in [-0.15, -0.1) is 0 Å². The molecule has 0 fully saturated rings. The van der Waals surface area contributed by atoms with E-state index in [4.69, 9.17) is 0 Å². The Kier molecular flexibility index (Phi) is 2.45. The SMILES string of the molecule is O=C1NC(=O)c2ccccc2C1=C1C=CCC=C1. The fourth-order valence-electron chi connectivity index (χ4n) is 2.23. The van der Waals surface area contributed by atoms with Crippen LogP contribution in [0.25, 0.3) is 5.57 Å². The Morgan fingerprint density at radius 1 is 0.889 bits per heavy atom. The van der Waals surface area contributed by atoms with Gasteiger partial charge in [-0.25, -0.2) is 0 Å². The Bertz CT molecular complexity index is 622. The number of carbonyl (C=O) groups is 2. The Balaban J connectivity index is 2.27. The molecule has 1 aromatic rings. The van der Waals surface area contributed by atoms with E-state index in [1.165, 1.54) is 0 Å². The van der Waals surface area contributed by atoms with Crippen LogP contribution in [0.15, 0.2) is 54.1 Å². The quantitative estimate of drug-likeness (QED) is 0.555. The summed E-state index contributed by atoms with van der Waals surface area (Å²) in [5.41, 5.74) is 2.67. The van der Waals surface area contributed by atoms with E-state index in [1.807, 2.05) is 36.4 Å². The predicted molar refractivity (Wildman–Crippen MR) is 68.7 cm³/mol. The Hall–Kier alpha value is -2.42. The molecule has 0 unspecified atom stereocenters. The summed E-state index contributed by atoms with van der Waals surface area (Å²) < 4.78 is 0. The zero-order valence-electron chi connectivity index (χ0n) is 9.64. The van der Waals surface area contributed by atoms with Crippen molar-refractivity contribution in [1.29, 1.82) is 0 Å². The van der Waals surface area contributed by atoms with Crippen LogP contribution in [-0.4, -0.2) is 11.8 Å². The smallest absolute Gasteiger partial charge is 0.259 e. The molecule has 0 atom stereocenters. The summed E-state index contributed by atoms with van der Waals surface area (Å²) in [4.78, 5) is 23.7. The molecule has 0 radical (unpaired) electrons. The first-order valence-corrected chi connectivity index (χ1v) is 5.80. The summed E-state index contributed by atoms with van der Waals surface area (Å²) in [5.74, 6) is -0.659. The minimum Gasteiger partial charge on any atom is -0.288 e. The zero-order valence-corrected chi connectivity index (χ0v) is 9.64. The maximum atomic E-state index is 12.0. The van der Waals surface area contributed by atoms with Crippen LogP contribution in [0, 0.1) is 0 Å².